The summed E-state index contributed by atoms with van der Waals surface area (Å²) in [7, 11) is 1.32. The molecule has 14 heavy (non-hydrogen) atoms. The summed E-state index contributed by atoms with van der Waals surface area (Å²) in [6.45, 7) is 6.59. The van der Waals surface area contributed by atoms with Crippen LogP contribution in [-0.4, -0.2) is 13.3 Å². The minimum absolute atomic E-state index is 0.295. The Morgan fingerprint density at radius 1 is 1.57 bits per heavy atom. The van der Waals surface area contributed by atoms with Crippen LogP contribution in [0.2, 0.25) is 0 Å². The van der Waals surface area contributed by atoms with E-state index in [4.69, 9.17) is 4.74 Å². The Morgan fingerprint density at radius 3 is 2.71 bits per heavy atom. The number of hydrogen-bond acceptors (Lipinski definition) is 3. The third-order valence-corrected chi connectivity index (χ3v) is 3.07. The molecule has 1 rings (SSSR count). The summed E-state index contributed by atoms with van der Waals surface area (Å²) >= 11 is 0. The molecule has 0 N–H and O–H groups in total. The molecule has 0 heterocycles. The van der Waals surface area contributed by atoms with Crippen molar-refractivity contribution < 1.29 is 14.3 Å². The zero-order valence-electron chi connectivity index (χ0n) is 9.29. The SMILES string of the molecule is COC(=O)OC1=CC(C)C(C)(C)CC1. The molecule has 1 atom stereocenters. The van der Waals surface area contributed by atoms with E-state index >= 15 is 0 Å². The van der Waals surface area contributed by atoms with E-state index in [0.717, 1.165) is 18.6 Å². The van der Waals surface area contributed by atoms with Gasteiger partial charge in [-0.05, 0) is 23.8 Å². The highest BCUT2D eigenvalue weighted by molar-refractivity contribution is 5.61. The van der Waals surface area contributed by atoms with E-state index in [-0.39, 0.29) is 0 Å². The van der Waals surface area contributed by atoms with Gasteiger partial charge in [0.25, 0.3) is 0 Å². The van der Waals surface area contributed by atoms with Crippen molar-refractivity contribution in [2.75, 3.05) is 7.11 Å². The monoisotopic (exact) mass is 198 g/mol. The zero-order chi connectivity index (χ0) is 10.8. The van der Waals surface area contributed by atoms with Crippen LogP contribution in [0.5, 0.6) is 0 Å². The number of rotatable bonds is 1. The topological polar surface area (TPSA) is 35.5 Å². The fourth-order valence-corrected chi connectivity index (χ4v) is 1.49. The van der Waals surface area contributed by atoms with E-state index in [0.29, 0.717) is 11.3 Å². The lowest BCUT2D eigenvalue weighted by atomic mass is 9.73. The largest absolute Gasteiger partial charge is 0.513 e. The third-order valence-electron chi connectivity index (χ3n) is 3.07. The first kappa shape index (κ1) is 11.1. The average molecular weight is 198 g/mol. The van der Waals surface area contributed by atoms with Crippen LogP contribution in [0.4, 0.5) is 4.79 Å². The van der Waals surface area contributed by atoms with Crippen LogP contribution in [0, 0.1) is 11.3 Å². The number of ether oxygens (including phenoxy) is 2. The smallest absolute Gasteiger partial charge is 0.437 e. The number of carbonyl (C=O) groups is 1. The standard InChI is InChI=1S/C11H18O3/c1-8-7-9(14-10(12)13-4)5-6-11(8,2)3/h7-8H,5-6H2,1-4H3. The fraction of sp³-hybridized carbons (Fsp3) is 0.727. The molecule has 1 aliphatic rings. The highest BCUT2D eigenvalue weighted by Crippen LogP contribution is 2.39. The average Bonchev–Trinajstić information content (AvgIpc) is 2.12. The highest BCUT2D eigenvalue weighted by atomic mass is 16.7. The van der Waals surface area contributed by atoms with Crippen molar-refractivity contribution in [1.29, 1.82) is 0 Å². The minimum Gasteiger partial charge on any atom is -0.437 e. The maximum Gasteiger partial charge on any atom is 0.513 e. The molecule has 0 aliphatic heterocycles. The van der Waals surface area contributed by atoms with Gasteiger partial charge in [-0.1, -0.05) is 20.8 Å². The first-order valence-corrected chi connectivity index (χ1v) is 4.92. The molecule has 1 aliphatic carbocycles. The molecule has 0 bridgehead atoms. The summed E-state index contributed by atoms with van der Waals surface area (Å²) in [6, 6.07) is 0. The predicted molar refractivity (Wildman–Crippen MR) is 53.8 cm³/mol. The van der Waals surface area contributed by atoms with E-state index in [9.17, 15) is 4.79 Å². The number of hydrogen-bond donors (Lipinski definition) is 0. The number of allylic oxidation sites excluding steroid dienone is 2. The van der Waals surface area contributed by atoms with E-state index in [1.165, 1.54) is 7.11 Å². The minimum atomic E-state index is -0.622. The van der Waals surface area contributed by atoms with Crippen LogP contribution >= 0.6 is 0 Å². The van der Waals surface area contributed by atoms with Gasteiger partial charge in [0.1, 0.15) is 5.76 Å². The molecule has 0 fully saturated rings. The van der Waals surface area contributed by atoms with Crippen molar-refractivity contribution in [3.05, 3.63) is 11.8 Å². The zero-order valence-corrected chi connectivity index (χ0v) is 9.29. The molecule has 3 heteroatoms. The van der Waals surface area contributed by atoms with Crippen LogP contribution in [0.15, 0.2) is 11.8 Å². The molecule has 0 aromatic carbocycles. The van der Waals surface area contributed by atoms with Crippen LogP contribution in [0.1, 0.15) is 33.6 Å². The van der Waals surface area contributed by atoms with Crippen LogP contribution in [0.3, 0.4) is 0 Å². The van der Waals surface area contributed by atoms with E-state index in [2.05, 4.69) is 25.5 Å². The molecule has 0 aromatic rings. The maximum atomic E-state index is 10.9. The van der Waals surface area contributed by atoms with Gasteiger partial charge in [-0.15, -0.1) is 0 Å². The summed E-state index contributed by atoms with van der Waals surface area (Å²) in [5.74, 6) is 1.17. The molecule has 0 amide bonds. The second-order valence-corrected chi connectivity index (χ2v) is 4.47. The van der Waals surface area contributed by atoms with Crippen LogP contribution in [-0.2, 0) is 9.47 Å². The lowest BCUT2D eigenvalue weighted by Gasteiger charge is -2.34. The first-order chi connectivity index (χ1) is 6.45. The van der Waals surface area contributed by atoms with Crippen molar-refractivity contribution in [1.82, 2.24) is 0 Å². The van der Waals surface area contributed by atoms with E-state index < -0.39 is 6.16 Å². The van der Waals surface area contributed by atoms with Gasteiger partial charge in [0.05, 0.1) is 7.11 Å². The molecule has 3 nitrogen and oxygen atoms in total. The summed E-state index contributed by atoms with van der Waals surface area (Å²) in [5, 5.41) is 0. The first-order valence-electron chi connectivity index (χ1n) is 4.92. The molecule has 1 unspecified atom stereocenters. The molecule has 80 valence electrons. The quantitative estimate of drug-likeness (QED) is 0.607. The second kappa shape index (κ2) is 4.03. The van der Waals surface area contributed by atoms with E-state index in [1.807, 2.05) is 6.08 Å². The van der Waals surface area contributed by atoms with E-state index in [1.54, 1.807) is 0 Å². The Hall–Kier alpha value is -0.990. The molecule has 0 spiro atoms. The Bertz CT molecular complexity index is 253. The van der Waals surface area contributed by atoms with Gasteiger partial charge in [0.2, 0.25) is 0 Å². The molecular formula is C11H18O3. The van der Waals surface area contributed by atoms with Gasteiger partial charge in [-0.3, -0.25) is 0 Å². The maximum absolute atomic E-state index is 10.9. The normalized spacial score (nSPS) is 25.1. The lowest BCUT2D eigenvalue weighted by Crippen LogP contribution is -2.25. The van der Waals surface area contributed by atoms with Gasteiger partial charge in [-0.2, -0.15) is 0 Å². The summed E-state index contributed by atoms with van der Waals surface area (Å²) in [6.07, 6.45) is 3.24. The summed E-state index contributed by atoms with van der Waals surface area (Å²) < 4.78 is 9.44. The molecule has 0 saturated carbocycles. The Morgan fingerprint density at radius 2 is 2.21 bits per heavy atom. The van der Waals surface area contributed by atoms with Crippen molar-refractivity contribution in [3.8, 4) is 0 Å². The molecular weight excluding hydrogens is 180 g/mol. The summed E-state index contributed by atoms with van der Waals surface area (Å²) in [5.41, 5.74) is 0.295. The second-order valence-electron chi connectivity index (χ2n) is 4.47. The van der Waals surface area contributed by atoms with Crippen molar-refractivity contribution in [2.24, 2.45) is 11.3 Å². The lowest BCUT2D eigenvalue weighted by molar-refractivity contribution is 0.0867. The predicted octanol–water partition coefficient (Wildman–Crippen LogP) is 3.11. The van der Waals surface area contributed by atoms with Crippen molar-refractivity contribution >= 4 is 6.16 Å². The van der Waals surface area contributed by atoms with Crippen molar-refractivity contribution in [2.45, 2.75) is 33.6 Å². The summed E-state index contributed by atoms with van der Waals surface area (Å²) in [4.78, 5) is 10.9. The fourth-order valence-electron chi connectivity index (χ4n) is 1.49. The van der Waals surface area contributed by atoms with Gasteiger partial charge in [-0.25, -0.2) is 4.79 Å². The van der Waals surface area contributed by atoms with Gasteiger partial charge >= 0.3 is 6.16 Å². The molecule has 0 radical (unpaired) electrons. The van der Waals surface area contributed by atoms with Gasteiger partial charge in [0, 0.05) is 6.42 Å². The molecule has 0 aromatic heterocycles. The Balaban J connectivity index is 2.62. The number of carbonyl (C=O) groups excluding carboxylic acids is 1. The molecule has 0 saturated heterocycles. The highest BCUT2D eigenvalue weighted by Gasteiger charge is 2.29. The van der Waals surface area contributed by atoms with Crippen LogP contribution in [0.25, 0.3) is 0 Å². The van der Waals surface area contributed by atoms with Gasteiger partial charge in [0.15, 0.2) is 0 Å². The van der Waals surface area contributed by atoms with Crippen molar-refractivity contribution in [3.63, 3.8) is 0 Å². The Labute approximate surface area is 85.1 Å². The Kier molecular flexibility index (Phi) is 3.19. The third kappa shape index (κ3) is 2.50. The number of methoxy groups -OCH3 is 1. The van der Waals surface area contributed by atoms with Crippen LogP contribution < -0.4 is 0 Å². The van der Waals surface area contributed by atoms with Gasteiger partial charge < -0.3 is 9.47 Å².